The summed E-state index contributed by atoms with van der Waals surface area (Å²) >= 11 is 5.98. The molecule has 2 rings (SSSR count). The number of ether oxygens (including phenoxy) is 2. The molecule has 2 amide bonds. The first-order chi connectivity index (χ1) is 14.9. The largest absolute Gasteiger partial charge is 0.493 e. The van der Waals surface area contributed by atoms with Crippen LogP contribution in [0, 0.1) is 0 Å². The number of hydrogen-bond acceptors (Lipinski definition) is 4. The second-order valence-electron chi connectivity index (χ2n) is 7.30. The molecule has 0 unspecified atom stereocenters. The van der Waals surface area contributed by atoms with E-state index < -0.39 is 6.04 Å². The van der Waals surface area contributed by atoms with Gasteiger partial charge in [0.1, 0.15) is 6.04 Å². The number of carbonyl (C=O) groups excluding carboxylic acids is 2. The molecule has 0 aliphatic rings. The molecule has 2 aromatic rings. The molecule has 0 bridgehead atoms. The van der Waals surface area contributed by atoms with Crippen molar-refractivity contribution in [3.8, 4) is 11.5 Å². The van der Waals surface area contributed by atoms with Crippen LogP contribution < -0.4 is 14.8 Å². The van der Waals surface area contributed by atoms with Crippen LogP contribution in [0.15, 0.2) is 42.5 Å². The van der Waals surface area contributed by atoms with Crippen LogP contribution in [-0.4, -0.2) is 43.5 Å². The SMILES string of the molecule is CCCNC(=O)[C@@H](C)N(Cc1ccc(Cl)cc1)C(=O)CCc1ccc(OC)c(OC)c1. The quantitative estimate of drug-likeness (QED) is 0.560. The first-order valence-corrected chi connectivity index (χ1v) is 10.8. The number of benzene rings is 2. The molecule has 0 aliphatic heterocycles. The van der Waals surface area contributed by atoms with Gasteiger partial charge in [0.15, 0.2) is 11.5 Å². The molecule has 0 saturated heterocycles. The lowest BCUT2D eigenvalue weighted by Crippen LogP contribution is -2.47. The van der Waals surface area contributed by atoms with E-state index in [0.29, 0.717) is 36.0 Å². The molecule has 0 fully saturated rings. The number of hydrogen-bond donors (Lipinski definition) is 1. The second kappa shape index (κ2) is 12.2. The zero-order valence-corrected chi connectivity index (χ0v) is 19.4. The van der Waals surface area contributed by atoms with E-state index in [4.69, 9.17) is 21.1 Å². The number of halogens is 1. The van der Waals surface area contributed by atoms with Gasteiger partial charge < -0.3 is 19.7 Å². The fraction of sp³-hybridized carbons (Fsp3) is 0.417. The van der Waals surface area contributed by atoms with Crippen LogP contribution in [0.4, 0.5) is 0 Å². The predicted octanol–water partition coefficient (Wildman–Crippen LogP) is 4.23. The summed E-state index contributed by atoms with van der Waals surface area (Å²) in [6, 6.07) is 12.3. The molecule has 1 N–H and O–H groups in total. The Hall–Kier alpha value is -2.73. The minimum atomic E-state index is -0.583. The normalized spacial score (nSPS) is 11.5. The van der Waals surface area contributed by atoms with Crippen molar-refractivity contribution in [3.63, 3.8) is 0 Å². The lowest BCUT2D eigenvalue weighted by Gasteiger charge is -2.29. The molecule has 6 nitrogen and oxygen atoms in total. The first kappa shape index (κ1) is 24.5. The number of amides is 2. The van der Waals surface area contributed by atoms with E-state index in [1.54, 1.807) is 38.2 Å². The Kier molecular flexibility index (Phi) is 9.66. The van der Waals surface area contributed by atoms with Crippen LogP contribution in [0.3, 0.4) is 0 Å². The summed E-state index contributed by atoms with van der Waals surface area (Å²) in [5.41, 5.74) is 1.87. The minimum Gasteiger partial charge on any atom is -0.493 e. The van der Waals surface area contributed by atoms with Crippen LogP contribution in [-0.2, 0) is 22.6 Å². The third-order valence-corrected chi connectivity index (χ3v) is 5.31. The van der Waals surface area contributed by atoms with Crippen LogP contribution in [0.2, 0.25) is 5.02 Å². The van der Waals surface area contributed by atoms with Gasteiger partial charge in [-0.2, -0.15) is 0 Å². The Morgan fingerprint density at radius 1 is 1.03 bits per heavy atom. The number of aryl methyl sites for hydroxylation is 1. The molecule has 0 heterocycles. The van der Waals surface area contributed by atoms with Crippen molar-refractivity contribution in [2.24, 2.45) is 0 Å². The van der Waals surface area contributed by atoms with Crippen molar-refractivity contribution in [1.29, 1.82) is 0 Å². The minimum absolute atomic E-state index is 0.0936. The van der Waals surface area contributed by atoms with Crippen molar-refractivity contribution in [1.82, 2.24) is 10.2 Å². The van der Waals surface area contributed by atoms with Gasteiger partial charge in [-0.25, -0.2) is 0 Å². The number of carbonyl (C=O) groups is 2. The highest BCUT2D eigenvalue weighted by Crippen LogP contribution is 2.28. The van der Waals surface area contributed by atoms with Crippen LogP contribution in [0.5, 0.6) is 11.5 Å². The summed E-state index contributed by atoms with van der Waals surface area (Å²) in [5.74, 6) is 1.01. The Morgan fingerprint density at radius 2 is 1.68 bits per heavy atom. The van der Waals surface area contributed by atoms with Gasteiger partial charge in [0.2, 0.25) is 11.8 Å². The summed E-state index contributed by atoms with van der Waals surface area (Å²) in [5, 5.41) is 3.51. The van der Waals surface area contributed by atoms with E-state index in [0.717, 1.165) is 17.5 Å². The highest BCUT2D eigenvalue weighted by Gasteiger charge is 2.25. The molecule has 0 saturated carbocycles. The van der Waals surface area contributed by atoms with E-state index in [1.807, 2.05) is 37.3 Å². The average molecular weight is 447 g/mol. The molecule has 31 heavy (non-hydrogen) atoms. The molecule has 168 valence electrons. The van der Waals surface area contributed by atoms with Crippen LogP contribution in [0.1, 0.15) is 37.8 Å². The standard InChI is InChI=1S/C24H31ClN2O4/c1-5-14-26-24(29)17(2)27(16-19-6-10-20(25)11-7-19)23(28)13-9-18-8-12-21(30-3)22(15-18)31-4/h6-8,10-12,15,17H,5,9,13-14,16H2,1-4H3,(H,26,29)/t17-/m1/s1. The van der Waals surface area contributed by atoms with Gasteiger partial charge in [-0.3, -0.25) is 9.59 Å². The molecule has 0 aliphatic carbocycles. The number of nitrogens with one attached hydrogen (secondary N) is 1. The fourth-order valence-electron chi connectivity index (χ4n) is 3.20. The monoisotopic (exact) mass is 446 g/mol. The third kappa shape index (κ3) is 7.17. The van der Waals surface area contributed by atoms with Crippen molar-refractivity contribution < 1.29 is 19.1 Å². The Labute approximate surface area is 189 Å². The Morgan fingerprint density at radius 3 is 2.29 bits per heavy atom. The molecule has 0 spiro atoms. The zero-order chi connectivity index (χ0) is 22.8. The maximum Gasteiger partial charge on any atom is 0.242 e. The number of methoxy groups -OCH3 is 2. The molecule has 2 aromatic carbocycles. The third-order valence-electron chi connectivity index (χ3n) is 5.06. The van der Waals surface area contributed by atoms with Crippen LogP contribution in [0.25, 0.3) is 0 Å². The lowest BCUT2D eigenvalue weighted by molar-refractivity contribution is -0.140. The molecular weight excluding hydrogens is 416 g/mol. The molecule has 7 heteroatoms. The summed E-state index contributed by atoms with van der Waals surface area (Å²) in [4.78, 5) is 27.3. The lowest BCUT2D eigenvalue weighted by atomic mass is 10.1. The van der Waals surface area contributed by atoms with E-state index in [2.05, 4.69) is 5.32 Å². The number of nitrogens with zero attached hydrogens (tertiary/aromatic N) is 1. The highest BCUT2D eigenvalue weighted by molar-refractivity contribution is 6.30. The van der Waals surface area contributed by atoms with Crippen molar-refractivity contribution in [2.75, 3.05) is 20.8 Å². The van der Waals surface area contributed by atoms with Gasteiger partial charge in [-0.1, -0.05) is 36.7 Å². The van der Waals surface area contributed by atoms with Gasteiger partial charge in [0.25, 0.3) is 0 Å². The van der Waals surface area contributed by atoms with Gasteiger partial charge in [-0.15, -0.1) is 0 Å². The molecule has 1 atom stereocenters. The van der Waals surface area contributed by atoms with E-state index in [9.17, 15) is 9.59 Å². The van der Waals surface area contributed by atoms with E-state index in [-0.39, 0.29) is 18.2 Å². The van der Waals surface area contributed by atoms with Crippen molar-refractivity contribution in [2.45, 2.75) is 45.7 Å². The maximum atomic E-state index is 13.1. The summed E-state index contributed by atoms with van der Waals surface area (Å²) in [7, 11) is 3.16. The number of rotatable bonds is 11. The van der Waals surface area contributed by atoms with Crippen molar-refractivity contribution in [3.05, 3.63) is 58.6 Å². The predicted molar refractivity (Wildman–Crippen MR) is 123 cm³/mol. The Balaban J connectivity index is 2.14. The van der Waals surface area contributed by atoms with Crippen molar-refractivity contribution >= 4 is 23.4 Å². The molecule has 0 aromatic heterocycles. The average Bonchev–Trinajstić information content (AvgIpc) is 2.79. The Bertz CT molecular complexity index is 870. The molecular formula is C24H31ClN2O4. The summed E-state index contributed by atoms with van der Waals surface area (Å²) in [6.07, 6.45) is 1.64. The highest BCUT2D eigenvalue weighted by atomic mass is 35.5. The van der Waals surface area contributed by atoms with E-state index in [1.165, 1.54) is 0 Å². The topological polar surface area (TPSA) is 67.9 Å². The van der Waals surface area contributed by atoms with Crippen LogP contribution >= 0.6 is 11.6 Å². The maximum absolute atomic E-state index is 13.1. The zero-order valence-electron chi connectivity index (χ0n) is 18.6. The van der Waals surface area contributed by atoms with Gasteiger partial charge in [-0.05, 0) is 55.2 Å². The van der Waals surface area contributed by atoms with Gasteiger partial charge in [0.05, 0.1) is 14.2 Å². The fourth-order valence-corrected chi connectivity index (χ4v) is 3.32. The molecule has 0 radical (unpaired) electrons. The summed E-state index contributed by atoms with van der Waals surface area (Å²) < 4.78 is 10.6. The summed E-state index contributed by atoms with van der Waals surface area (Å²) in [6.45, 7) is 4.67. The van der Waals surface area contributed by atoms with Gasteiger partial charge in [0, 0.05) is 24.5 Å². The first-order valence-electron chi connectivity index (χ1n) is 10.4. The smallest absolute Gasteiger partial charge is 0.242 e. The van der Waals surface area contributed by atoms with E-state index >= 15 is 0 Å². The second-order valence-corrected chi connectivity index (χ2v) is 7.74. The van der Waals surface area contributed by atoms with Gasteiger partial charge >= 0.3 is 0 Å².